The zero-order valence-electron chi connectivity index (χ0n) is 69.0. The van der Waals surface area contributed by atoms with Crippen molar-refractivity contribution in [2.24, 2.45) is 23.7 Å². The predicted octanol–water partition coefficient (Wildman–Crippen LogP) is -2.49. The molecule has 0 unspecified atom stereocenters. The first-order valence-corrected chi connectivity index (χ1v) is 39.5. The number of phenols is 1. The molecular formula is C78H121N17O22. The smallest absolute Gasteiger partial charge is 0.322 e. The molecule has 39 heteroatoms. The quantitative estimate of drug-likeness (QED) is 0.0615. The van der Waals surface area contributed by atoms with Gasteiger partial charge in [0.05, 0.1) is 62.7 Å². The molecule has 0 aliphatic carbocycles. The normalized spacial score (nSPS) is 25.3. The summed E-state index contributed by atoms with van der Waals surface area (Å²) in [7, 11) is 0. The van der Waals surface area contributed by atoms with Crippen molar-refractivity contribution in [1.82, 2.24) is 84.2 Å². The van der Waals surface area contributed by atoms with Crippen molar-refractivity contribution in [1.29, 1.82) is 0 Å². The minimum atomic E-state index is -1.79. The molecule has 3 aliphatic heterocycles. The number of urea groups is 1. The lowest BCUT2D eigenvalue weighted by Crippen LogP contribution is -2.64. The molecule has 15 atom stereocenters. The number of aliphatic hydroxyl groups is 2. The molecule has 2 fully saturated rings. The number of aromatic hydroxyl groups is 1. The molecule has 3 aliphatic rings. The molecule has 650 valence electrons. The first-order chi connectivity index (χ1) is 54.9. The van der Waals surface area contributed by atoms with Gasteiger partial charge in [-0.25, -0.2) is 4.79 Å². The van der Waals surface area contributed by atoms with Crippen LogP contribution in [-0.2, 0) is 89.6 Å². The lowest BCUT2D eigenvalue weighted by Gasteiger charge is -2.36. The highest BCUT2D eigenvalue weighted by Crippen LogP contribution is 2.25. The van der Waals surface area contributed by atoms with Crippen LogP contribution >= 0.6 is 0 Å². The highest BCUT2D eigenvalue weighted by molar-refractivity contribution is 6.00. The van der Waals surface area contributed by atoms with Gasteiger partial charge in [-0.2, -0.15) is 0 Å². The molecule has 0 aromatic heterocycles. The third kappa shape index (κ3) is 33.2. The molecule has 117 heavy (non-hydrogen) atoms. The van der Waals surface area contributed by atoms with Crippen LogP contribution in [0.2, 0.25) is 0 Å². The number of anilines is 1. The summed E-state index contributed by atoms with van der Waals surface area (Å²) < 4.78 is 0. The predicted molar refractivity (Wildman–Crippen MR) is 425 cm³/mol. The Morgan fingerprint density at radius 3 is 1.44 bits per heavy atom. The molecule has 2 bridgehead atoms. The number of carboxylic acids is 2. The number of fused-ring (bicyclic) bond motifs is 3. The van der Waals surface area contributed by atoms with Crippen LogP contribution in [0, 0.1) is 23.7 Å². The number of aliphatic hydroxyl groups excluding tert-OH is 2. The van der Waals surface area contributed by atoms with Crippen LogP contribution < -0.4 is 79.8 Å². The van der Waals surface area contributed by atoms with Crippen LogP contribution in [0.3, 0.4) is 0 Å². The molecule has 2 aromatic rings. The SMILES string of the molecule is CC(C)CNC(=O)[C@@H]1[C@H](C)NC(=O)[C@H]([C@@H](C)O)NC(=O)[C@H](CC(=O)O)NC(=O)[C@H](CC(C)C)NC(=O)CNC(=O)[C@H](C)NC(=O)[C@H](Cc2ccc(O)cc2)NC(=O)[C@@H]2CCCN12.CCCCN1C(=O)Nc2cccc(c2)CC(=O)NCC(=O)N[C@@H](CC(C)C)C(=O)N[C@@H](CC(=O)O)C(=O)N[C@@H]([C@@H](C)O)C(=O)N[C@@H](C)[C@H]1C(=O)NCC(C)C. The minimum Gasteiger partial charge on any atom is -0.508 e. The molecule has 20 N–H and O–H groups in total. The van der Waals surface area contributed by atoms with Crippen molar-refractivity contribution in [3.05, 3.63) is 59.7 Å². The number of nitrogens with zero attached hydrogens (tertiary/aromatic N) is 2. The van der Waals surface area contributed by atoms with E-state index < -0.39 is 217 Å². The van der Waals surface area contributed by atoms with Crippen LogP contribution in [0.1, 0.15) is 159 Å². The topological polar surface area (TPSA) is 578 Å². The summed E-state index contributed by atoms with van der Waals surface area (Å²) in [6.07, 6.45) is -3.32. The summed E-state index contributed by atoms with van der Waals surface area (Å²) in [6.45, 7) is 22.8. The van der Waals surface area contributed by atoms with E-state index in [1.807, 2.05) is 34.6 Å². The van der Waals surface area contributed by atoms with Gasteiger partial charge in [-0.3, -0.25) is 81.6 Å². The second kappa shape index (κ2) is 47.8. The Bertz CT molecular complexity index is 3800. The molecule has 3 heterocycles. The van der Waals surface area contributed by atoms with Gasteiger partial charge in [0.2, 0.25) is 82.7 Å². The van der Waals surface area contributed by atoms with Gasteiger partial charge in [0.1, 0.15) is 66.2 Å². The summed E-state index contributed by atoms with van der Waals surface area (Å²) >= 11 is 0. The molecule has 0 spiro atoms. The number of nitrogens with one attached hydrogen (secondary N) is 15. The van der Waals surface area contributed by atoms with Crippen molar-refractivity contribution < 1.29 is 107 Å². The number of carbonyl (C=O) groups is 17. The third-order valence-electron chi connectivity index (χ3n) is 18.9. The van der Waals surface area contributed by atoms with Crippen LogP contribution in [0.15, 0.2) is 48.5 Å². The number of carbonyl (C=O) groups excluding carboxylic acids is 15. The summed E-state index contributed by atoms with van der Waals surface area (Å²) in [5, 5.41) is 88.7. The zero-order chi connectivity index (χ0) is 87.8. The maximum absolute atomic E-state index is 14.2. The van der Waals surface area contributed by atoms with E-state index in [1.54, 1.807) is 69.0 Å². The van der Waals surface area contributed by atoms with E-state index in [2.05, 4.69) is 79.8 Å². The molecule has 5 rings (SSSR count). The first-order valence-electron chi connectivity index (χ1n) is 39.5. The Labute approximate surface area is 680 Å². The number of hydrogen-bond acceptors (Lipinski definition) is 21. The number of aliphatic carboxylic acids is 2. The number of unbranched alkanes of at least 4 members (excludes halogenated alkanes) is 1. The summed E-state index contributed by atoms with van der Waals surface area (Å²) in [4.78, 5) is 230. The van der Waals surface area contributed by atoms with Gasteiger partial charge in [-0.05, 0) is 132 Å². The third-order valence-corrected chi connectivity index (χ3v) is 18.9. The molecule has 16 amide bonds. The minimum absolute atomic E-state index is 0.0193. The zero-order valence-corrected chi connectivity index (χ0v) is 69.0. The Balaban J connectivity index is 0.000000496. The molecule has 0 radical (unpaired) electrons. The van der Waals surface area contributed by atoms with Crippen molar-refractivity contribution in [3.63, 3.8) is 0 Å². The van der Waals surface area contributed by atoms with Gasteiger partial charge < -0.3 is 110 Å². The standard InChI is InChI=1S/C41H63N9O12.C37H58N8O10/c1-20(2)15-27-37(58)47-29(17-32(54)55)38(59)49-33(24(7)51)40(61)44-22(5)34(41(62)42-18-21(3)4)50-14-8-9-30(50)39(60)48-28(16-25-10-12-26(52)13-11-25)36(57)45-23(6)35(56)43-19-31(53)46-27;1-8-9-13-45-32(36(54)39-18-21(4)5)22(6)40-35(53)31(23(7)46)44-34(52)27(17-30(49)50)43-33(51)26(14-20(2)3)42-29(48)19-38-28(47)16-24-11-10-12-25(15-24)41-37(45)55/h10-13,20-24,27-30,33-34,51-52H,8-9,14-19H2,1-7H3,(H,42,62)(H,43,56)(H,44,61)(H,45,57)(H,46,53)(H,47,58)(H,48,60)(H,49,59)(H,54,55);10-12,15,20-23,26-27,31-32,46H,8-9,13-14,16-19H2,1-7H3,(H,38,47)(H,39,54)(H,40,53)(H,41,55)(H,42,48)(H,43,51)(H,44,52)(H,49,50)/t22-,23-,24+,27-,28-,29-,30-,33-,34-;22-,23+,26-,27-,31-,32-/m00/s1. The molecular weight excluding hydrogens is 1530 g/mol. The number of hydrogen-bond donors (Lipinski definition) is 20. The maximum Gasteiger partial charge on any atom is 0.322 e. The highest BCUT2D eigenvalue weighted by atomic mass is 16.4. The van der Waals surface area contributed by atoms with Crippen molar-refractivity contribution in [2.45, 2.75) is 252 Å². The number of rotatable bonds is 21. The number of benzene rings is 2. The molecule has 2 aromatic carbocycles. The largest absolute Gasteiger partial charge is 0.508 e. The Hall–Kier alpha value is -11.1. The monoisotopic (exact) mass is 1650 g/mol. The summed E-state index contributed by atoms with van der Waals surface area (Å²) in [5.74, 6) is -14.7. The van der Waals surface area contributed by atoms with Crippen molar-refractivity contribution in [3.8, 4) is 5.75 Å². The Morgan fingerprint density at radius 1 is 0.504 bits per heavy atom. The van der Waals surface area contributed by atoms with Crippen LogP contribution in [-0.4, -0.2) is 266 Å². The number of amides is 16. The number of carboxylic acid groups (broad SMARTS) is 2. The molecule has 2 saturated heterocycles. The van der Waals surface area contributed by atoms with E-state index in [0.717, 1.165) is 0 Å². The fourth-order valence-corrected chi connectivity index (χ4v) is 13.0. The number of phenolic OH excluding ortho intramolecular Hbond substituents is 1. The van der Waals surface area contributed by atoms with Gasteiger partial charge in [0.25, 0.3) is 0 Å². The van der Waals surface area contributed by atoms with Crippen molar-refractivity contribution in [2.75, 3.05) is 44.6 Å². The molecule has 0 saturated carbocycles. The fraction of sp³-hybridized carbons (Fsp3) is 0.628. The van der Waals surface area contributed by atoms with Gasteiger partial charge in [-0.1, -0.05) is 93.0 Å². The highest BCUT2D eigenvalue weighted by Gasteiger charge is 2.45. The Morgan fingerprint density at radius 2 is 0.966 bits per heavy atom. The van der Waals surface area contributed by atoms with E-state index >= 15 is 0 Å². The van der Waals surface area contributed by atoms with Gasteiger partial charge in [0, 0.05) is 31.7 Å². The fourth-order valence-electron chi connectivity index (χ4n) is 13.0. The van der Waals surface area contributed by atoms with Gasteiger partial charge in [-0.15, -0.1) is 0 Å². The summed E-state index contributed by atoms with van der Waals surface area (Å²) in [5.41, 5.74) is 1.34. The van der Waals surface area contributed by atoms with Crippen LogP contribution in [0.5, 0.6) is 5.75 Å². The lowest BCUT2D eigenvalue weighted by atomic mass is 10.0. The van der Waals surface area contributed by atoms with Gasteiger partial charge in [0.15, 0.2) is 0 Å². The van der Waals surface area contributed by atoms with E-state index in [1.165, 1.54) is 51.7 Å². The Kier molecular flexibility index (Phi) is 40.2. The average molecular weight is 1650 g/mol. The van der Waals surface area contributed by atoms with E-state index in [9.17, 15) is 107 Å². The van der Waals surface area contributed by atoms with E-state index in [0.29, 0.717) is 36.1 Å². The lowest BCUT2D eigenvalue weighted by molar-refractivity contribution is -0.142. The van der Waals surface area contributed by atoms with Crippen molar-refractivity contribution >= 4 is 106 Å². The van der Waals surface area contributed by atoms with Crippen LogP contribution in [0.4, 0.5) is 10.5 Å². The second-order valence-electron chi connectivity index (χ2n) is 31.4. The maximum atomic E-state index is 14.2. The van der Waals surface area contributed by atoms with E-state index in [-0.39, 0.29) is 87.7 Å². The van der Waals surface area contributed by atoms with E-state index in [4.69, 9.17) is 0 Å². The first kappa shape index (κ1) is 98.3. The summed E-state index contributed by atoms with van der Waals surface area (Å²) in [6, 6.07) is -6.05. The van der Waals surface area contributed by atoms with Crippen LogP contribution in [0.25, 0.3) is 0 Å². The second-order valence-corrected chi connectivity index (χ2v) is 31.4. The average Bonchev–Trinajstić information content (AvgIpc) is 1.76. The van der Waals surface area contributed by atoms with Gasteiger partial charge >= 0.3 is 18.0 Å². The molecule has 39 nitrogen and oxygen atoms in total.